The summed E-state index contributed by atoms with van der Waals surface area (Å²) >= 11 is 0. The summed E-state index contributed by atoms with van der Waals surface area (Å²) in [4.78, 5) is 18.9. The average Bonchev–Trinajstić information content (AvgIpc) is 3.61. The monoisotopic (exact) mass is 706 g/mol. The molecule has 0 saturated carbocycles. The van der Waals surface area contributed by atoms with Gasteiger partial charge in [-0.3, -0.25) is 8.75 Å². The maximum atomic E-state index is 13.7. The second-order valence-electron chi connectivity index (χ2n) is 12.4. The first-order chi connectivity index (χ1) is 22.6. The van der Waals surface area contributed by atoms with Crippen molar-refractivity contribution < 1.29 is 39.7 Å². The van der Waals surface area contributed by atoms with Crippen LogP contribution in [0.1, 0.15) is 27.0 Å². The molecular weight excluding hydrogens is 670 g/mol. The van der Waals surface area contributed by atoms with Crippen LogP contribution in [-0.4, -0.2) is 99.1 Å². The van der Waals surface area contributed by atoms with E-state index in [9.17, 15) is 21.6 Å². The van der Waals surface area contributed by atoms with E-state index in [1.165, 1.54) is 30.7 Å². The summed E-state index contributed by atoms with van der Waals surface area (Å²) < 4.78 is 91.2. The molecule has 0 amide bonds. The zero-order chi connectivity index (χ0) is 34.9. The van der Waals surface area contributed by atoms with Crippen LogP contribution in [0.15, 0.2) is 78.3 Å². The summed E-state index contributed by atoms with van der Waals surface area (Å²) in [6.45, 7) is 5.77. The maximum absolute atomic E-state index is 13.7. The Labute approximate surface area is 277 Å². The van der Waals surface area contributed by atoms with E-state index in [2.05, 4.69) is 19.9 Å². The SMILES string of the molecule is CO[C@@H]1[C@H](OS(=O)(=O)C(F)(F)F)[C@@H](CO[Si](c2ccccc2)(c2ccccc2)C(C)(C)C)O[C@H]1n1cnc2c(/N=C/N(C)C)ncnc21. The smallest absolute Gasteiger partial charge is 0.405 e. The van der Waals surface area contributed by atoms with Crippen LogP contribution < -0.4 is 10.4 Å². The van der Waals surface area contributed by atoms with Gasteiger partial charge in [0.05, 0.1) is 19.3 Å². The van der Waals surface area contributed by atoms with Crippen LogP contribution in [0.4, 0.5) is 19.0 Å². The zero-order valence-corrected chi connectivity index (χ0v) is 29.0. The van der Waals surface area contributed by atoms with Gasteiger partial charge >= 0.3 is 15.6 Å². The molecule has 1 aliphatic rings. The molecule has 48 heavy (non-hydrogen) atoms. The third kappa shape index (κ3) is 6.75. The molecule has 1 saturated heterocycles. The highest BCUT2D eigenvalue weighted by Crippen LogP contribution is 2.41. The Morgan fingerprint density at radius 1 is 0.979 bits per heavy atom. The number of aliphatic imine (C=N–C) groups is 1. The van der Waals surface area contributed by atoms with Crippen LogP contribution in [0.3, 0.4) is 0 Å². The number of nitrogens with zero attached hydrogens (tertiary/aromatic N) is 6. The fourth-order valence-electron chi connectivity index (χ4n) is 5.89. The first kappa shape index (κ1) is 35.6. The van der Waals surface area contributed by atoms with Crippen LogP contribution in [-0.2, 0) is 28.2 Å². The highest BCUT2D eigenvalue weighted by molar-refractivity contribution is 7.87. The van der Waals surface area contributed by atoms with Gasteiger partial charge in [-0.2, -0.15) is 21.6 Å². The third-order valence-corrected chi connectivity index (χ3v) is 14.0. The molecule has 0 spiro atoms. The summed E-state index contributed by atoms with van der Waals surface area (Å²) in [6, 6.07) is 19.1. The summed E-state index contributed by atoms with van der Waals surface area (Å²) in [5.74, 6) is 0.235. The summed E-state index contributed by atoms with van der Waals surface area (Å²) in [6.07, 6.45) is -1.57. The van der Waals surface area contributed by atoms with Gasteiger partial charge in [0, 0.05) is 21.2 Å². The number of imidazole rings is 1. The molecule has 0 N–H and O–H groups in total. The molecule has 1 aliphatic heterocycles. The number of methoxy groups -OCH3 is 1. The first-order valence-electron chi connectivity index (χ1n) is 14.9. The van der Waals surface area contributed by atoms with Crippen LogP contribution >= 0.6 is 0 Å². The number of ether oxygens (including phenoxy) is 2. The second-order valence-corrected chi connectivity index (χ2v) is 18.3. The Kier molecular flexibility index (Phi) is 10.1. The molecule has 17 heteroatoms. The molecule has 258 valence electrons. The summed E-state index contributed by atoms with van der Waals surface area (Å²) in [5, 5.41) is 1.32. The molecule has 2 aromatic carbocycles. The van der Waals surface area contributed by atoms with Crippen molar-refractivity contribution in [3.8, 4) is 0 Å². The Bertz CT molecular complexity index is 1800. The number of aromatic nitrogens is 4. The van der Waals surface area contributed by atoms with Gasteiger partial charge in [-0.05, 0) is 15.4 Å². The lowest BCUT2D eigenvalue weighted by molar-refractivity contribution is -0.0672. The third-order valence-electron chi connectivity index (χ3n) is 7.98. The van der Waals surface area contributed by atoms with Crippen molar-refractivity contribution in [2.75, 3.05) is 27.8 Å². The van der Waals surface area contributed by atoms with E-state index in [0.29, 0.717) is 0 Å². The summed E-state index contributed by atoms with van der Waals surface area (Å²) in [7, 11) is -4.54. The fourth-order valence-corrected chi connectivity index (χ4v) is 11.1. The Balaban J connectivity index is 1.60. The van der Waals surface area contributed by atoms with Gasteiger partial charge in [0.2, 0.25) is 0 Å². The molecule has 0 unspecified atom stereocenters. The lowest BCUT2D eigenvalue weighted by Gasteiger charge is -2.43. The minimum atomic E-state index is -6.08. The minimum Gasteiger partial charge on any atom is -0.405 e. The average molecular weight is 707 g/mol. The van der Waals surface area contributed by atoms with Crippen LogP contribution in [0.25, 0.3) is 11.2 Å². The van der Waals surface area contributed by atoms with E-state index in [1.54, 1.807) is 19.0 Å². The number of rotatable bonds is 11. The fraction of sp³-hybridized carbons (Fsp3) is 0.419. The van der Waals surface area contributed by atoms with E-state index in [0.717, 1.165) is 10.4 Å². The minimum absolute atomic E-state index is 0.230. The van der Waals surface area contributed by atoms with Crippen LogP contribution in [0.5, 0.6) is 0 Å². The largest absolute Gasteiger partial charge is 0.523 e. The molecule has 3 heterocycles. The van der Waals surface area contributed by atoms with E-state index in [4.69, 9.17) is 18.1 Å². The van der Waals surface area contributed by atoms with Crippen molar-refractivity contribution in [3.63, 3.8) is 0 Å². The summed E-state index contributed by atoms with van der Waals surface area (Å²) in [5.41, 5.74) is -5.18. The number of halogens is 3. The number of fused-ring (bicyclic) bond motifs is 1. The van der Waals surface area contributed by atoms with E-state index < -0.39 is 53.5 Å². The topological polar surface area (TPSA) is 130 Å². The highest BCUT2D eigenvalue weighted by atomic mass is 32.2. The van der Waals surface area contributed by atoms with Crippen molar-refractivity contribution in [1.29, 1.82) is 0 Å². The van der Waals surface area contributed by atoms with Crippen molar-refractivity contribution in [2.24, 2.45) is 4.99 Å². The highest BCUT2D eigenvalue weighted by Gasteiger charge is 2.57. The molecule has 4 aromatic rings. The molecule has 1 fully saturated rings. The van der Waals surface area contributed by atoms with Gasteiger partial charge in [0.25, 0.3) is 8.32 Å². The van der Waals surface area contributed by atoms with E-state index in [1.807, 2.05) is 81.4 Å². The molecule has 0 aliphatic carbocycles. The Morgan fingerprint density at radius 2 is 1.58 bits per heavy atom. The number of benzene rings is 2. The van der Waals surface area contributed by atoms with Crippen molar-refractivity contribution in [2.45, 2.75) is 55.9 Å². The Hall–Kier alpha value is -3.74. The van der Waals surface area contributed by atoms with Gasteiger partial charge in [-0.25, -0.2) is 19.9 Å². The maximum Gasteiger partial charge on any atom is 0.523 e. The molecule has 0 radical (unpaired) electrons. The molecular formula is C31H37F3N6O6SSi. The lowest BCUT2D eigenvalue weighted by atomic mass is 10.1. The molecule has 5 rings (SSSR count). The van der Waals surface area contributed by atoms with Gasteiger partial charge in [-0.1, -0.05) is 81.4 Å². The molecule has 2 aromatic heterocycles. The van der Waals surface area contributed by atoms with Gasteiger partial charge in [-0.15, -0.1) is 0 Å². The van der Waals surface area contributed by atoms with Gasteiger partial charge < -0.3 is 18.8 Å². The van der Waals surface area contributed by atoms with E-state index in [-0.39, 0.29) is 23.6 Å². The normalized spacial score (nSPS) is 20.9. The van der Waals surface area contributed by atoms with Gasteiger partial charge in [0.1, 0.15) is 24.6 Å². The second kappa shape index (κ2) is 13.6. The van der Waals surface area contributed by atoms with Crippen LogP contribution in [0.2, 0.25) is 5.04 Å². The lowest BCUT2D eigenvalue weighted by Crippen LogP contribution is -2.67. The molecule has 4 atom stereocenters. The first-order valence-corrected chi connectivity index (χ1v) is 18.2. The quantitative estimate of drug-likeness (QED) is 0.0747. The number of hydrogen-bond acceptors (Lipinski definition) is 10. The number of alkyl halides is 3. The van der Waals surface area contributed by atoms with Crippen molar-refractivity contribution in [3.05, 3.63) is 73.3 Å². The predicted octanol–water partition coefficient (Wildman–Crippen LogP) is 3.77. The van der Waals surface area contributed by atoms with E-state index >= 15 is 0 Å². The standard InChI is InChI=1S/C31H37F3N6O6SSi/c1-30(2,3)48(21-13-9-7-10-14-21,22-15-11-8-12-16-22)44-17-23-25(46-47(41,42)31(32,33)34)26(43-6)29(45-23)40-20-37-24-27(38-19-39(4)5)35-18-36-28(24)40/h7-16,18-20,23,25-26,29H,17H2,1-6H3/b38-19+/t23-,25-,26-,29-/m1/s1. The van der Waals surface area contributed by atoms with Crippen LogP contribution in [0, 0.1) is 0 Å². The molecule has 0 bridgehead atoms. The predicted molar refractivity (Wildman–Crippen MR) is 175 cm³/mol. The van der Waals surface area contributed by atoms with Crippen molar-refractivity contribution in [1.82, 2.24) is 24.4 Å². The molecule has 12 nitrogen and oxygen atoms in total. The number of hydrogen-bond donors (Lipinski definition) is 0. The van der Waals surface area contributed by atoms with Gasteiger partial charge in [0.15, 0.2) is 23.2 Å². The zero-order valence-electron chi connectivity index (χ0n) is 27.2. The van der Waals surface area contributed by atoms with Crippen molar-refractivity contribution >= 4 is 52.1 Å². The Morgan fingerprint density at radius 3 is 2.10 bits per heavy atom.